The molecular formula is C10H12ClNO. The quantitative estimate of drug-likeness (QED) is 0.722. The predicted octanol–water partition coefficient (Wildman–Crippen LogP) is 1.82. The van der Waals surface area contributed by atoms with Gasteiger partial charge >= 0.3 is 0 Å². The van der Waals surface area contributed by atoms with E-state index in [4.69, 9.17) is 17.3 Å². The molecule has 1 aliphatic rings. The van der Waals surface area contributed by atoms with Crippen LogP contribution in [0, 0.1) is 0 Å². The largest absolute Gasteiger partial charge is 0.388 e. The van der Waals surface area contributed by atoms with E-state index < -0.39 is 0 Å². The highest BCUT2D eigenvalue weighted by atomic mass is 35.5. The molecule has 0 amide bonds. The van der Waals surface area contributed by atoms with Gasteiger partial charge in [0.05, 0.1) is 6.10 Å². The summed E-state index contributed by atoms with van der Waals surface area (Å²) in [5, 5.41) is 10.4. The molecule has 2 nitrogen and oxygen atoms in total. The molecule has 3 N–H and O–H groups in total. The Morgan fingerprint density at radius 3 is 2.92 bits per heavy atom. The van der Waals surface area contributed by atoms with Crippen molar-refractivity contribution in [2.24, 2.45) is 5.73 Å². The van der Waals surface area contributed by atoms with Gasteiger partial charge in [0.1, 0.15) is 0 Å². The van der Waals surface area contributed by atoms with Crippen LogP contribution in [-0.4, -0.2) is 11.7 Å². The minimum absolute atomic E-state index is 0.294. The Bertz CT molecular complexity index is 327. The molecule has 0 saturated heterocycles. The normalized spacial score (nSPS) is 26.1. The van der Waals surface area contributed by atoms with Crippen LogP contribution in [0.3, 0.4) is 0 Å². The van der Waals surface area contributed by atoms with E-state index in [2.05, 4.69) is 0 Å². The molecule has 0 heterocycles. The molecule has 0 radical (unpaired) electrons. The third kappa shape index (κ3) is 1.46. The first-order chi connectivity index (χ1) is 6.22. The maximum Gasteiger partial charge on any atom is 0.0799 e. The van der Waals surface area contributed by atoms with Crippen molar-refractivity contribution in [1.82, 2.24) is 0 Å². The molecule has 13 heavy (non-hydrogen) atoms. The fourth-order valence-corrected chi connectivity index (χ4v) is 2.13. The van der Waals surface area contributed by atoms with Crippen molar-refractivity contribution in [3.63, 3.8) is 0 Å². The van der Waals surface area contributed by atoms with E-state index in [1.165, 1.54) is 0 Å². The molecule has 3 heteroatoms. The van der Waals surface area contributed by atoms with Crippen molar-refractivity contribution in [2.45, 2.75) is 18.4 Å². The van der Waals surface area contributed by atoms with Crippen LogP contribution >= 0.6 is 11.6 Å². The summed E-state index contributed by atoms with van der Waals surface area (Å²) in [5.74, 6) is 0.294. The standard InChI is InChI=1S/C10H12ClNO/c11-7-1-2-8-6(5-12)3-10(13)9(8)4-7/h1-2,4,6,10,13H,3,5,12H2. The van der Waals surface area contributed by atoms with E-state index in [1.54, 1.807) is 0 Å². The minimum Gasteiger partial charge on any atom is -0.388 e. The van der Waals surface area contributed by atoms with Gasteiger partial charge in [-0.1, -0.05) is 17.7 Å². The first-order valence-corrected chi connectivity index (χ1v) is 4.77. The molecule has 0 aliphatic heterocycles. The van der Waals surface area contributed by atoms with Crippen molar-refractivity contribution in [1.29, 1.82) is 0 Å². The minimum atomic E-state index is -0.387. The molecule has 0 bridgehead atoms. The van der Waals surface area contributed by atoms with Crippen molar-refractivity contribution in [2.75, 3.05) is 6.54 Å². The Kier molecular flexibility index (Phi) is 2.28. The van der Waals surface area contributed by atoms with Gasteiger partial charge in [-0.3, -0.25) is 0 Å². The van der Waals surface area contributed by atoms with E-state index in [-0.39, 0.29) is 6.10 Å². The number of rotatable bonds is 1. The van der Waals surface area contributed by atoms with Crippen LogP contribution < -0.4 is 5.73 Å². The lowest BCUT2D eigenvalue weighted by molar-refractivity contribution is 0.173. The van der Waals surface area contributed by atoms with Gasteiger partial charge in [0.25, 0.3) is 0 Å². The number of halogens is 1. The molecule has 0 spiro atoms. The Morgan fingerprint density at radius 2 is 2.23 bits per heavy atom. The summed E-state index contributed by atoms with van der Waals surface area (Å²) < 4.78 is 0. The monoisotopic (exact) mass is 197 g/mol. The highest BCUT2D eigenvalue weighted by molar-refractivity contribution is 6.30. The highest BCUT2D eigenvalue weighted by Gasteiger charge is 2.28. The van der Waals surface area contributed by atoms with E-state index in [1.807, 2.05) is 18.2 Å². The van der Waals surface area contributed by atoms with Crippen LogP contribution in [0.5, 0.6) is 0 Å². The average molecular weight is 198 g/mol. The van der Waals surface area contributed by atoms with Crippen LogP contribution in [0.4, 0.5) is 0 Å². The summed E-state index contributed by atoms with van der Waals surface area (Å²) in [7, 11) is 0. The number of nitrogens with two attached hydrogens (primary N) is 1. The summed E-state index contributed by atoms with van der Waals surface area (Å²) in [4.78, 5) is 0. The van der Waals surface area contributed by atoms with Gasteiger partial charge in [0.2, 0.25) is 0 Å². The molecular weight excluding hydrogens is 186 g/mol. The zero-order valence-corrected chi connectivity index (χ0v) is 7.96. The molecule has 2 atom stereocenters. The van der Waals surface area contributed by atoms with Crippen LogP contribution in [0.15, 0.2) is 18.2 Å². The summed E-state index contributed by atoms with van der Waals surface area (Å²) >= 11 is 5.84. The highest BCUT2D eigenvalue weighted by Crippen LogP contribution is 2.40. The summed E-state index contributed by atoms with van der Waals surface area (Å²) in [6.45, 7) is 0.589. The van der Waals surface area contributed by atoms with Crippen LogP contribution in [0.25, 0.3) is 0 Å². The average Bonchev–Trinajstić information content (AvgIpc) is 2.43. The first kappa shape index (κ1) is 9.00. The Hall–Kier alpha value is -0.570. The fourth-order valence-electron chi connectivity index (χ4n) is 1.95. The maximum atomic E-state index is 9.69. The number of aliphatic hydroxyl groups is 1. The lowest BCUT2D eigenvalue weighted by atomic mass is 10.0. The smallest absolute Gasteiger partial charge is 0.0799 e. The zero-order chi connectivity index (χ0) is 9.42. The molecule has 70 valence electrons. The Morgan fingerprint density at radius 1 is 1.46 bits per heavy atom. The lowest BCUT2D eigenvalue weighted by Gasteiger charge is -2.06. The number of aliphatic hydroxyl groups excluding tert-OH is 1. The van der Waals surface area contributed by atoms with Crippen molar-refractivity contribution in [3.8, 4) is 0 Å². The molecule has 0 aromatic heterocycles. The van der Waals surface area contributed by atoms with Crippen molar-refractivity contribution >= 4 is 11.6 Å². The van der Waals surface area contributed by atoms with E-state index in [0.29, 0.717) is 17.5 Å². The second-order valence-corrected chi connectivity index (χ2v) is 3.89. The second-order valence-electron chi connectivity index (χ2n) is 3.46. The molecule has 2 unspecified atom stereocenters. The molecule has 0 saturated carbocycles. The number of hydrogen-bond acceptors (Lipinski definition) is 2. The number of fused-ring (bicyclic) bond motifs is 1. The molecule has 1 aliphatic carbocycles. The van der Waals surface area contributed by atoms with Crippen molar-refractivity contribution < 1.29 is 5.11 Å². The summed E-state index contributed by atoms with van der Waals surface area (Å²) in [6.07, 6.45) is 0.342. The summed E-state index contributed by atoms with van der Waals surface area (Å²) in [6, 6.07) is 5.64. The van der Waals surface area contributed by atoms with Gasteiger partial charge in [0.15, 0.2) is 0 Å². The van der Waals surface area contributed by atoms with Gasteiger partial charge in [0, 0.05) is 5.02 Å². The van der Waals surface area contributed by atoms with Gasteiger partial charge in [-0.2, -0.15) is 0 Å². The van der Waals surface area contributed by atoms with Crippen LogP contribution in [0.1, 0.15) is 29.6 Å². The number of benzene rings is 1. The zero-order valence-electron chi connectivity index (χ0n) is 7.20. The predicted molar refractivity (Wildman–Crippen MR) is 52.8 cm³/mol. The first-order valence-electron chi connectivity index (χ1n) is 4.40. The second kappa shape index (κ2) is 3.29. The number of hydrogen-bond donors (Lipinski definition) is 2. The Labute approximate surface area is 82.3 Å². The maximum absolute atomic E-state index is 9.69. The van der Waals surface area contributed by atoms with Gasteiger partial charge in [-0.25, -0.2) is 0 Å². The van der Waals surface area contributed by atoms with Gasteiger partial charge in [-0.15, -0.1) is 0 Å². The third-order valence-corrected chi connectivity index (χ3v) is 2.88. The fraction of sp³-hybridized carbons (Fsp3) is 0.400. The van der Waals surface area contributed by atoms with E-state index >= 15 is 0 Å². The van der Waals surface area contributed by atoms with E-state index in [9.17, 15) is 5.11 Å². The van der Waals surface area contributed by atoms with Crippen LogP contribution in [0.2, 0.25) is 5.02 Å². The van der Waals surface area contributed by atoms with Crippen LogP contribution in [-0.2, 0) is 0 Å². The molecule has 1 aromatic carbocycles. The SMILES string of the molecule is NCC1CC(O)c2cc(Cl)ccc21. The summed E-state index contributed by atoms with van der Waals surface area (Å²) in [5.41, 5.74) is 7.70. The van der Waals surface area contributed by atoms with Gasteiger partial charge in [-0.05, 0) is 42.1 Å². The molecule has 2 rings (SSSR count). The lowest BCUT2D eigenvalue weighted by Crippen LogP contribution is -2.09. The van der Waals surface area contributed by atoms with E-state index in [0.717, 1.165) is 17.5 Å². The Balaban J connectivity index is 2.46. The van der Waals surface area contributed by atoms with Gasteiger partial charge < -0.3 is 10.8 Å². The third-order valence-electron chi connectivity index (χ3n) is 2.64. The molecule has 0 fully saturated rings. The molecule has 1 aromatic rings. The van der Waals surface area contributed by atoms with Crippen molar-refractivity contribution in [3.05, 3.63) is 34.3 Å². The topological polar surface area (TPSA) is 46.2 Å².